The smallest absolute Gasteiger partial charge is 0.348 e. The Morgan fingerprint density at radius 1 is 1.53 bits per heavy atom. The second-order valence-corrected chi connectivity index (χ2v) is 4.89. The van der Waals surface area contributed by atoms with E-state index in [0.717, 1.165) is 17.4 Å². The van der Waals surface area contributed by atoms with Crippen LogP contribution in [0.4, 0.5) is 0 Å². The second-order valence-electron chi connectivity index (χ2n) is 3.54. The number of halogens is 1. The quantitative estimate of drug-likeness (QED) is 0.635. The number of carbonyl (C=O) groups is 1. The molecule has 17 heavy (non-hydrogen) atoms. The lowest BCUT2D eigenvalue weighted by Gasteiger charge is -2.01. The Morgan fingerprint density at radius 3 is 2.94 bits per heavy atom. The molecule has 0 aromatic carbocycles. The third-order valence-corrected chi connectivity index (χ3v) is 3.77. The number of carbonyl (C=O) groups excluding carboxylic acids is 1. The summed E-state index contributed by atoms with van der Waals surface area (Å²) in [4.78, 5) is 21.1. The van der Waals surface area contributed by atoms with Gasteiger partial charge in [-0.15, -0.1) is 11.3 Å². The summed E-state index contributed by atoms with van der Waals surface area (Å²) in [5, 5.41) is 1.11. The molecule has 0 aliphatic heterocycles. The van der Waals surface area contributed by atoms with Crippen LogP contribution in [0.2, 0.25) is 5.15 Å². The first-order valence-corrected chi connectivity index (χ1v) is 6.41. The molecule has 2 heterocycles. The lowest BCUT2D eigenvalue weighted by atomic mass is 10.2. The number of thiophene rings is 1. The van der Waals surface area contributed by atoms with Crippen molar-refractivity contribution in [3.8, 4) is 0 Å². The number of nitrogens with zero attached hydrogens (tertiary/aromatic N) is 2. The van der Waals surface area contributed by atoms with Gasteiger partial charge in [-0.25, -0.2) is 14.8 Å². The highest BCUT2D eigenvalue weighted by atomic mass is 35.5. The van der Waals surface area contributed by atoms with Gasteiger partial charge in [-0.1, -0.05) is 18.5 Å². The zero-order chi connectivity index (χ0) is 12.4. The fourth-order valence-electron chi connectivity index (χ4n) is 1.48. The molecule has 90 valence electrons. The highest BCUT2D eigenvalue weighted by Gasteiger charge is 2.19. The molecule has 0 unspecified atom stereocenters. The van der Waals surface area contributed by atoms with E-state index in [1.165, 1.54) is 17.7 Å². The van der Waals surface area contributed by atoms with Gasteiger partial charge in [-0.05, 0) is 18.9 Å². The monoisotopic (exact) mass is 270 g/mol. The standard InChI is InChI=1S/C11H11ClN2O2S/c1-3-4-16-11(15)8-6(2)7-9(12)13-5-14-10(7)17-8/h5H,3-4H2,1-2H3. The lowest BCUT2D eigenvalue weighted by molar-refractivity contribution is 0.0510. The van der Waals surface area contributed by atoms with Gasteiger partial charge in [0.15, 0.2) is 0 Å². The van der Waals surface area contributed by atoms with E-state index in [0.29, 0.717) is 21.5 Å². The molecule has 0 aliphatic carbocycles. The van der Waals surface area contributed by atoms with Crippen molar-refractivity contribution in [2.24, 2.45) is 0 Å². The largest absolute Gasteiger partial charge is 0.462 e. The summed E-state index contributed by atoms with van der Waals surface area (Å²) < 4.78 is 5.11. The van der Waals surface area contributed by atoms with E-state index >= 15 is 0 Å². The molecule has 0 aliphatic rings. The predicted octanol–water partition coefficient (Wildman–Crippen LogP) is 3.22. The first-order chi connectivity index (χ1) is 8.15. The molecule has 0 amide bonds. The molecule has 0 saturated carbocycles. The van der Waals surface area contributed by atoms with Crippen molar-refractivity contribution in [3.05, 3.63) is 21.9 Å². The van der Waals surface area contributed by atoms with E-state index in [-0.39, 0.29) is 5.97 Å². The fourth-order valence-corrected chi connectivity index (χ4v) is 2.86. The highest BCUT2D eigenvalue weighted by molar-refractivity contribution is 7.20. The second kappa shape index (κ2) is 4.98. The first-order valence-electron chi connectivity index (χ1n) is 5.21. The van der Waals surface area contributed by atoms with Crippen LogP contribution in [0.25, 0.3) is 10.2 Å². The molecule has 2 rings (SSSR count). The fraction of sp³-hybridized carbons (Fsp3) is 0.364. The maximum absolute atomic E-state index is 11.8. The number of fused-ring (bicyclic) bond motifs is 1. The van der Waals surface area contributed by atoms with E-state index in [1.807, 2.05) is 13.8 Å². The average Bonchev–Trinajstić information content (AvgIpc) is 2.65. The lowest BCUT2D eigenvalue weighted by Crippen LogP contribution is -2.04. The average molecular weight is 271 g/mol. The van der Waals surface area contributed by atoms with Crippen LogP contribution in [0.5, 0.6) is 0 Å². The minimum Gasteiger partial charge on any atom is -0.462 e. The van der Waals surface area contributed by atoms with E-state index in [4.69, 9.17) is 16.3 Å². The zero-order valence-corrected chi connectivity index (χ0v) is 11.1. The van der Waals surface area contributed by atoms with E-state index in [1.54, 1.807) is 0 Å². The minimum atomic E-state index is -0.316. The molecule has 6 heteroatoms. The van der Waals surface area contributed by atoms with Crippen LogP contribution in [-0.2, 0) is 4.74 Å². The van der Waals surface area contributed by atoms with E-state index in [9.17, 15) is 4.79 Å². The summed E-state index contributed by atoms with van der Waals surface area (Å²) >= 11 is 7.27. The van der Waals surface area contributed by atoms with Crippen molar-refractivity contribution < 1.29 is 9.53 Å². The molecular formula is C11H11ClN2O2S. The Kier molecular flexibility index (Phi) is 3.59. The molecule has 2 aromatic rings. The van der Waals surface area contributed by atoms with E-state index < -0.39 is 0 Å². The molecule has 0 radical (unpaired) electrons. The summed E-state index contributed by atoms with van der Waals surface area (Å²) in [6, 6.07) is 0. The van der Waals surface area contributed by atoms with Crippen LogP contribution in [0.1, 0.15) is 28.6 Å². The third kappa shape index (κ3) is 2.25. The molecule has 0 atom stereocenters. The summed E-state index contributed by atoms with van der Waals surface area (Å²) in [6.45, 7) is 4.20. The van der Waals surface area contributed by atoms with Crippen LogP contribution in [0.15, 0.2) is 6.33 Å². The Bertz CT molecular complexity index is 568. The highest BCUT2D eigenvalue weighted by Crippen LogP contribution is 2.33. The number of hydrogen-bond donors (Lipinski definition) is 0. The number of hydrogen-bond acceptors (Lipinski definition) is 5. The van der Waals surface area contributed by atoms with Gasteiger partial charge in [-0.2, -0.15) is 0 Å². The van der Waals surface area contributed by atoms with Gasteiger partial charge in [-0.3, -0.25) is 0 Å². The predicted molar refractivity (Wildman–Crippen MR) is 67.7 cm³/mol. The van der Waals surface area contributed by atoms with Crippen LogP contribution in [0, 0.1) is 6.92 Å². The first kappa shape index (κ1) is 12.3. The number of esters is 1. The van der Waals surface area contributed by atoms with Crippen LogP contribution >= 0.6 is 22.9 Å². The van der Waals surface area contributed by atoms with Gasteiger partial charge in [0.1, 0.15) is 21.2 Å². The Morgan fingerprint density at radius 2 is 2.29 bits per heavy atom. The number of ether oxygens (including phenoxy) is 1. The van der Waals surface area contributed by atoms with Crippen molar-refractivity contribution in [2.75, 3.05) is 6.61 Å². The Labute approximate surface area is 108 Å². The number of rotatable bonds is 3. The van der Waals surface area contributed by atoms with Gasteiger partial charge < -0.3 is 4.74 Å². The van der Waals surface area contributed by atoms with Gasteiger partial charge in [0.05, 0.1) is 12.0 Å². The number of aromatic nitrogens is 2. The molecule has 4 nitrogen and oxygen atoms in total. The van der Waals surface area contributed by atoms with Crippen molar-refractivity contribution >= 4 is 39.1 Å². The van der Waals surface area contributed by atoms with Crippen molar-refractivity contribution in [1.82, 2.24) is 9.97 Å². The molecule has 2 aromatic heterocycles. The maximum Gasteiger partial charge on any atom is 0.348 e. The minimum absolute atomic E-state index is 0.316. The molecule has 0 spiro atoms. The Balaban J connectivity index is 2.46. The molecule has 0 N–H and O–H groups in total. The zero-order valence-electron chi connectivity index (χ0n) is 9.49. The van der Waals surface area contributed by atoms with Gasteiger partial charge >= 0.3 is 5.97 Å². The molecular weight excluding hydrogens is 260 g/mol. The van der Waals surface area contributed by atoms with Crippen LogP contribution in [-0.4, -0.2) is 22.5 Å². The summed E-state index contributed by atoms with van der Waals surface area (Å²) in [7, 11) is 0. The van der Waals surface area contributed by atoms with Crippen LogP contribution < -0.4 is 0 Å². The third-order valence-electron chi connectivity index (χ3n) is 2.30. The normalized spacial score (nSPS) is 10.8. The van der Waals surface area contributed by atoms with Crippen molar-refractivity contribution in [3.63, 3.8) is 0 Å². The van der Waals surface area contributed by atoms with Crippen LogP contribution in [0.3, 0.4) is 0 Å². The van der Waals surface area contributed by atoms with Gasteiger partial charge in [0, 0.05) is 0 Å². The summed E-state index contributed by atoms with van der Waals surface area (Å²) in [5.41, 5.74) is 0.789. The van der Waals surface area contributed by atoms with Crippen molar-refractivity contribution in [1.29, 1.82) is 0 Å². The van der Waals surface area contributed by atoms with E-state index in [2.05, 4.69) is 9.97 Å². The number of aryl methyl sites for hydroxylation is 1. The van der Waals surface area contributed by atoms with Crippen molar-refractivity contribution in [2.45, 2.75) is 20.3 Å². The molecule has 0 fully saturated rings. The summed E-state index contributed by atoms with van der Waals surface area (Å²) in [5.74, 6) is -0.316. The Hall–Kier alpha value is -1.20. The van der Waals surface area contributed by atoms with Gasteiger partial charge in [0.25, 0.3) is 0 Å². The SMILES string of the molecule is CCCOC(=O)c1sc2ncnc(Cl)c2c1C. The molecule has 0 bridgehead atoms. The topological polar surface area (TPSA) is 52.1 Å². The van der Waals surface area contributed by atoms with Gasteiger partial charge in [0.2, 0.25) is 0 Å². The maximum atomic E-state index is 11.8. The summed E-state index contributed by atoms with van der Waals surface area (Å²) in [6.07, 6.45) is 2.19. The molecule has 0 saturated heterocycles.